The van der Waals surface area contributed by atoms with Gasteiger partial charge >= 0.3 is 0 Å². The maximum atomic E-state index is 12.7. The number of benzene rings is 2. The van der Waals surface area contributed by atoms with Gasteiger partial charge in [0.05, 0.1) is 0 Å². The summed E-state index contributed by atoms with van der Waals surface area (Å²) in [5, 5.41) is 0. The first kappa shape index (κ1) is 11.7. The Morgan fingerprint density at radius 1 is 0.737 bits per heavy atom. The van der Waals surface area contributed by atoms with Gasteiger partial charge in [0.15, 0.2) is 11.6 Å². The number of hydrogen-bond donors (Lipinski definition) is 0. The molecule has 0 N–H and O–H groups in total. The standard InChI is InChI=1S/C15H8F2O2/c16-15(17)8-5-6-11-12(7-8)14(19)10-4-2-1-3-9(10)13(11)18/h1-7,15H. The van der Waals surface area contributed by atoms with Crippen LogP contribution in [0.25, 0.3) is 0 Å². The van der Waals surface area contributed by atoms with Crippen LogP contribution in [0.15, 0.2) is 42.5 Å². The number of carbonyl (C=O) groups excluding carboxylic acids is 2. The molecule has 94 valence electrons. The topological polar surface area (TPSA) is 34.1 Å². The lowest BCUT2D eigenvalue weighted by molar-refractivity contribution is 0.0978. The van der Waals surface area contributed by atoms with Crippen LogP contribution in [0.3, 0.4) is 0 Å². The molecule has 1 aliphatic rings. The highest BCUT2D eigenvalue weighted by Crippen LogP contribution is 2.30. The zero-order valence-corrected chi connectivity index (χ0v) is 9.69. The van der Waals surface area contributed by atoms with Crippen LogP contribution >= 0.6 is 0 Å². The van der Waals surface area contributed by atoms with Crippen molar-refractivity contribution in [2.75, 3.05) is 0 Å². The molecular formula is C15H8F2O2. The van der Waals surface area contributed by atoms with Crippen LogP contribution in [0, 0.1) is 0 Å². The van der Waals surface area contributed by atoms with Crippen LogP contribution in [-0.4, -0.2) is 11.6 Å². The highest BCUT2D eigenvalue weighted by molar-refractivity contribution is 6.28. The second kappa shape index (κ2) is 4.09. The fourth-order valence-electron chi connectivity index (χ4n) is 2.25. The largest absolute Gasteiger partial charge is 0.289 e. The Hall–Kier alpha value is -2.36. The lowest BCUT2D eigenvalue weighted by Crippen LogP contribution is -2.20. The molecule has 2 aromatic carbocycles. The maximum absolute atomic E-state index is 12.7. The van der Waals surface area contributed by atoms with Crippen LogP contribution in [0.1, 0.15) is 43.8 Å². The van der Waals surface area contributed by atoms with Gasteiger partial charge in [-0.05, 0) is 12.1 Å². The SMILES string of the molecule is O=C1c2ccccc2C(=O)c2cc(C(F)F)ccc21. The number of ketones is 2. The zero-order chi connectivity index (χ0) is 13.6. The van der Waals surface area contributed by atoms with Crippen molar-refractivity contribution in [3.63, 3.8) is 0 Å². The van der Waals surface area contributed by atoms with E-state index in [1.165, 1.54) is 18.2 Å². The van der Waals surface area contributed by atoms with Gasteiger partial charge < -0.3 is 0 Å². The molecule has 0 heterocycles. The van der Waals surface area contributed by atoms with Gasteiger partial charge in [0, 0.05) is 27.8 Å². The van der Waals surface area contributed by atoms with Gasteiger partial charge in [-0.1, -0.05) is 30.3 Å². The fourth-order valence-corrected chi connectivity index (χ4v) is 2.25. The van der Waals surface area contributed by atoms with Gasteiger partial charge in [-0.25, -0.2) is 8.78 Å². The zero-order valence-electron chi connectivity index (χ0n) is 9.69. The minimum atomic E-state index is -2.66. The van der Waals surface area contributed by atoms with E-state index in [0.29, 0.717) is 5.56 Å². The number of rotatable bonds is 1. The van der Waals surface area contributed by atoms with E-state index in [9.17, 15) is 18.4 Å². The lowest BCUT2D eigenvalue weighted by atomic mass is 9.83. The van der Waals surface area contributed by atoms with E-state index in [0.717, 1.165) is 6.07 Å². The number of fused-ring (bicyclic) bond motifs is 2. The minimum Gasteiger partial charge on any atom is -0.289 e. The number of halogens is 2. The summed E-state index contributed by atoms with van der Waals surface area (Å²) >= 11 is 0. The average molecular weight is 258 g/mol. The molecule has 0 aromatic heterocycles. The first-order valence-corrected chi connectivity index (χ1v) is 5.70. The Morgan fingerprint density at radius 2 is 1.26 bits per heavy atom. The minimum absolute atomic E-state index is 0.0569. The van der Waals surface area contributed by atoms with Crippen molar-refractivity contribution in [3.8, 4) is 0 Å². The van der Waals surface area contributed by atoms with E-state index in [4.69, 9.17) is 0 Å². The quantitative estimate of drug-likeness (QED) is 0.670. The second-order valence-electron chi connectivity index (χ2n) is 4.31. The molecule has 1 aliphatic carbocycles. The van der Waals surface area contributed by atoms with E-state index in [2.05, 4.69) is 0 Å². The summed E-state index contributed by atoms with van der Waals surface area (Å²) in [5.74, 6) is -0.682. The van der Waals surface area contributed by atoms with Crippen molar-refractivity contribution < 1.29 is 18.4 Å². The summed E-state index contributed by atoms with van der Waals surface area (Å²) in [6, 6.07) is 10.0. The van der Waals surface area contributed by atoms with Crippen LogP contribution in [0.5, 0.6) is 0 Å². The van der Waals surface area contributed by atoms with Crippen molar-refractivity contribution in [1.29, 1.82) is 0 Å². The molecule has 2 nitrogen and oxygen atoms in total. The molecule has 0 radical (unpaired) electrons. The molecule has 0 saturated heterocycles. The molecule has 0 saturated carbocycles. The van der Waals surface area contributed by atoms with Crippen LogP contribution in [0.4, 0.5) is 8.78 Å². The third-order valence-electron chi connectivity index (χ3n) is 3.20. The van der Waals surface area contributed by atoms with Crippen molar-refractivity contribution in [1.82, 2.24) is 0 Å². The van der Waals surface area contributed by atoms with Crippen LogP contribution in [0.2, 0.25) is 0 Å². The highest BCUT2D eigenvalue weighted by atomic mass is 19.3. The molecule has 0 aliphatic heterocycles. The van der Waals surface area contributed by atoms with E-state index in [1.807, 2.05) is 0 Å². The van der Waals surface area contributed by atoms with Crippen LogP contribution in [-0.2, 0) is 0 Å². The number of carbonyl (C=O) groups is 2. The number of hydrogen-bond acceptors (Lipinski definition) is 2. The third kappa shape index (κ3) is 1.68. The third-order valence-corrected chi connectivity index (χ3v) is 3.20. The van der Waals surface area contributed by atoms with Gasteiger partial charge in [-0.3, -0.25) is 9.59 Å². The molecular weight excluding hydrogens is 250 g/mol. The summed E-state index contributed by atoms with van der Waals surface area (Å²) in [6.07, 6.45) is -2.66. The lowest BCUT2D eigenvalue weighted by Gasteiger charge is -2.17. The van der Waals surface area contributed by atoms with Gasteiger partial charge in [-0.15, -0.1) is 0 Å². The summed E-state index contributed by atoms with van der Waals surface area (Å²) < 4.78 is 25.3. The molecule has 0 fully saturated rings. The molecule has 0 spiro atoms. The normalized spacial score (nSPS) is 13.4. The summed E-state index contributed by atoms with van der Waals surface area (Å²) in [4.78, 5) is 24.4. The summed E-state index contributed by atoms with van der Waals surface area (Å²) in [7, 11) is 0. The molecule has 0 bridgehead atoms. The molecule has 19 heavy (non-hydrogen) atoms. The van der Waals surface area contributed by atoms with Crippen LogP contribution < -0.4 is 0 Å². The molecule has 0 unspecified atom stereocenters. The molecule has 3 rings (SSSR count). The highest BCUT2D eigenvalue weighted by Gasteiger charge is 2.29. The Bertz CT molecular complexity index is 705. The van der Waals surface area contributed by atoms with E-state index in [1.54, 1.807) is 18.2 Å². The van der Waals surface area contributed by atoms with Crippen molar-refractivity contribution in [3.05, 3.63) is 70.3 Å². The van der Waals surface area contributed by atoms with Gasteiger partial charge in [0.25, 0.3) is 6.43 Å². The first-order chi connectivity index (χ1) is 9.09. The summed E-state index contributed by atoms with van der Waals surface area (Å²) in [5.41, 5.74) is 0.588. The number of alkyl halides is 2. The van der Waals surface area contributed by atoms with E-state index in [-0.39, 0.29) is 33.8 Å². The smallest absolute Gasteiger partial charge is 0.263 e. The predicted octanol–water partition coefficient (Wildman–Crippen LogP) is 3.40. The second-order valence-corrected chi connectivity index (χ2v) is 4.31. The Kier molecular flexibility index (Phi) is 2.52. The van der Waals surface area contributed by atoms with Crippen molar-refractivity contribution in [2.24, 2.45) is 0 Å². The van der Waals surface area contributed by atoms with Gasteiger partial charge in [0.2, 0.25) is 0 Å². The fraction of sp³-hybridized carbons (Fsp3) is 0.0667. The van der Waals surface area contributed by atoms with E-state index < -0.39 is 6.43 Å². The van der Waals surface area contributed by atoms with Crippen molar-refractivity contribution >= 4 is 11.6 Å². The first-order valence-electron chi connectivity index (χ1n) is 5.70. The van der Waals surface area contributed by atoms with Gasteiger partial charge in [0.1, 0.15) is 0 Å². The predicted molar refractivity (Wildman–Crippen MR) is 64.7 cm³/mol. The Balaban J connectivity index is 2.24. The molecule has 2 aromatic rings. The Labute approximate surface area is 107 Å². The maximum Gasteiger partial charge on any atom is 0.263 e. The Morgan fingerprint density at radius 3 is 1.84 bits per heavy atom. The average Bonchev–Trinajstić information content (AvgIpc) is 2.44. The molecule has 4 heteroatoms. The molecule has 0 amide bonds. The van der Waals surface area contributed by atoms with Gasteiger partial charge in [-0.2, -0.15) is 0 Å². The summed E-state index contributed by atoms with van der Waals surface area (Å²) in [6.45, 7) is 0. The van der Waals surface area contributed by atoms with E-state index >= 15 is 0 Å². The van der Waals surface area contributed by atoms with Crippen molar-refractivity contribution in [2.45, 2.75) is 6.43 Å². The molecule has 0 atom stereocenters. The monoisotopic (exact) mass is 258 g/mol.